The maximum atomic E-state index is 6.26. The Morgan fingerprint density at radius 2 is 1.90 bits per heavy atom. The number of anilines is 1. The average molecular weight is 325 g/mol. The Balaban J connectivity index is 2.27. The molecule has 102 valence electrons. The first kappa shape index (κ1) is 13.4. The molecule has 3 aromatic rings. The van der Waals surface area contributed by atoms with Crippen LogP contribution in [0.15, 0.2) is 23.6 Å². The monoisotopic (exact) mass is 324 g/mol. The smallest absolute Gasteiger partial charge is 0.153 e. The van der Waals surface area contributed by atoms with Crippen LogP contribution in [0.25, 0.3) is 22.5 Å². The van der Waals surface area contributed by atoms with Gasteiger partial charge in [-0.25, -0.2) is 4.98 Å². The molecule has 0 fully saturated rings. The maximum Gasteiger partial charge on any atom is 0.153 e. The number of nitrogens with two attached hydrogens (primary N) is 1. The summed E-state index contributed by atoms with van der Waals surface area (Å²) in [6.07, 6.45) is 0. The van der Waals surface area contributed by atoms with Gasteiger partial charge in [0.2, 0.25) is 0 Å². The molecule has 7 heteroatoms. The number of thiazole rings is 1. The predicted octanol–water partition coefficient (Wildman–Crippen LogP) is 4.40. The Hall–Kier alpha value is -1.56. The van der Waals surface area contributed by atoms with Gasteiger partial charge in [0.25, 0.3) is 0 Å². The van der Waals surface area contributed by atoms with Crippen LogP contribution in [0.5, 0.6) is 0 Å². The van der Waals surface area contributed by atoms with Crippen LogP contribution in [0.3, 0.4) is 0 Å². The zero-order valence-corrected chi connectivity index (χ0v) is 12.8. The van der Waals surface area contributed by atoms with Crippen molar-refractivity contribution in [1.82, 2.24) is 15.2 Å². The van der Waals surface area contributed by atoms with Crippen LogP contribution in [-0.2, 0) is 0 Å². The number of halogens is 2. The molecule has 3 N–H and O–H groups in total. The number of aryl methyl sites for hydroxylation is 1. The van der Waals surface area contributed by atoms with Crippen molar-refractivity contribution in [2.45, 2.75) is 6.92 Å². The fraction of sp³-hybridized carbons (Fsp3) is 0.0769. The van der Waals surface area contributed by atoms with E-state index in [0.29, 0.717) is 27.0 Å². The maximum absolute atomic E-state index is 6.26. The lowest BCUT2D eigenvalue weighted by molar-refractivity contribution is 1.09. The molecule has 0 unspecified atom stereocenters. The molecule has 0 spiro atoms. The highest BCUT2D eigenvalue weighted by Gasteiger charge is 2.20. The molecule has 4 nitrogen and oxygen atoms in total. The Morgan fingerprint density at radius 3 is 2.50 bits per heavy atom. The van der Waals surface area contributed by atoms with Crippen molar-refractivity contribution in [1.29, 1.82) is 0 Å². The van der Waals surface area contributed by atoms with Gasteiger partial charge in [0.1, 0.15) is 0 Å². The van der Waals surface area contributed by atoms with Crippen LogP contribution in [0, 0.1) is 6.92 Å². The topological polar surface area (TPSA) is 67.6 Å². The molecule has 2 aromatic heterocycles. The third-order valence-corrected chi connectivity index (χ3v) is 4.29. The lowest BCUT2D eigenvalue weighted by Crippen LogP contribution is -1.91. The van der Waals surface area contributed by atoms with E-state index in [9.17, 15) is 0 Å². The predicted molar refractivity (Wildman–Crippen MR) is 84.3 cm³/mol. The van der Waals surface area contributed by atoms with E-state index in [0.717, 1.165) is 16.4 Å². The second-order valence-electron chi connectivity index (χ2n) is 4.21. The quantitative estimate of drug-likeness (QED) is 0.734. The van der Waals surface area contributed by atoms with Gasteiger partial charge >= 0.3 is 0 Å². The first-order valence-electron chi connectivity index (χ1n) is 5.78. The van der Waals surface area contributed by atoms with E-state index in [4.69, 9.17) is 28.9 Å². The SMILES string of the molecule is Cc1nc(-c2[nH]nc(N)c2-c2c(Cl)cccc2Cl)cs1. The van der Waals surface area contributed by atoms with Gasteiger partial charge in [-0.05, 0) is 19.1 Å². The average Bonchev–Trinajstić information content (AvgIpc) is 2.97. The van der Waals surface area contributed by atoms with Crippen molar-refractivity contribution in [3.05, 3.63) is 38.6 Å². The zero-order valence-electron chi connectivity index (χ0n) is 10.4. The summed E-state index contributed by atoms with van der Waals surface area (Å²) >= 11 is 14.1. The number of aromatic nitrogens is 3. The first-order chi connectivity index (χ1) is 9.58. The van der Waals surface area contributed by atoms with Gasteiger partial charge in [0.15, 0.2) is 5.82 Å². The van der Waals surface area contributed by atoms with Crippen LogP contribution in [-0.4, -0.2) is 15.2 Å². The van der Waals surface area contributed by atoms with Crippen molar-refractivity contribution in [2.24, 2.45) is 0 Å². The van der Waals surface area contributed by atoms with Crippen molar-refractivity contribution in [3.8, 4) is 22.5 Å². The summed E-state index contributed by atoms with van der Waals surface area (Å²) in [5.41, 5.74) is 8.83. The number of H-pyrrole nitrogens is 1. The molecular weight excluding hydrogens is 315 g/mol. The van der Waals surface area contributed by atoms with Gasteiger partial charge in [-0.2, -0.15) is 5.10 Å². The standard InChI is InChI=1S/C13H10Cl2N4S/c1-6-17-9(5-20-6)12-11(13(16)19-18-12)10-7(14)3-2-4-8(10)15/h2-5H,1H3,(H3,16,18,19). The normalized spacial score (nSPS) is 10.9. The summed E-state index contributed by atoms with van der Waals surface area (Å²) in [6.45, 7) is 1.94. The van der Waals surface area contributed by atoms with Crippen molar-refractivity contribution < 1.29 is 0 Å². The minimum atomic E-state index is 0.348. The highest BCUT2D eigenvalue weighted by Crippen LogP contribution is 2.42. The highest BCUT2D eigenvalue weighted by molar-refractivity contribution is 7.09. The second-order valence-corrected chi connectivity index (χ2v) is 6.08. The van der Waals surface area contributed by atoms with E-state index in [1.54, 1.807) is 29.5 Å². The molecule has 0 aliphatic carbocycles. The molecule has 0 aliphatic rings. The molecule has 20 heavy (non-hydrogen) atoms. The summed E-state index contributed by atoms with van der Waals surface area (Å²) in [5.74, 6) is 0.348. The Kier molecular flexibility index (Phi) is 3.41. The molecule has 0 amide bonds. The summed E-state index contributed by atoms with van der Waals surface area (Å²) in [4.78, 5) is 4.45. The Labute approximate surface area is 129 Å². The number of nitrogen functional groups attached to an aromatic ring is 1. The summed E-state index contributed by atoms with van der Waals surface area (Å²) in [6, 6.07) is 5.33. The van der Waals surface area contributed by atoms with Gasteiger partial charge in [-0.1, -0.05) is 29.3 Å². The van der Waals surface area contributed by atoms with E-state index in [-0.39, 0.29) is 0 Å². The number of rotatable bonds is 2. The highest BCUT2D eigenvalue weighted by atomic mass is 35.5. The van der Waals surface area contributed by atoms with Crippen LogP contribution >= 0.6 is 34.5 Å². The number of hydrogen-bond acceptors (Lipinski definition) is 4. The number of nitrogens with one attached hydrogen (secondary N) is 1. The number of aromatic amines is 1. The molecule has 0 aliphatic heterocycles. The van der Waals surface area contributed by atoms with E-state index >= 15 is 0 Å². The van der Waals surface area contributed by atoms with E-state index in [1.807, 2.05) is 12.3 Å². The van der Waals surface area contributed by atoms with Crippen molar-refractivity contribution >= 4 is 40.4 Å². The van der Waals surface area contributed by atoms with E-state index < -0.39 is 0 Å². The Bertz CT molecular complexity index is 758. The van der Waals surface area contributed by atoms with Gasteiger partial charge in [-0.15, -0.1) is 11.3 Å². The van der Waals surface area contributed by atoms with Crippen LogP contribution in [0.1, 0.15) is 5.01 Å². The van der Waals surface area contributed by atoms with Crippen molar-refractivity contribution in [3.63, 3.8) is 0 Å². The largest absolute Gasteiger partial charge is 0.382 e. The molecule has 0 atom stereocenters. The lowest BCUT2D eigenvalue weighted by Gasteiger charge is -2.07. The van der Waals surface area contributed by atoms with E-state index in [2.05, 4.69) is 15.2 Å². The molecule has 0 bridgehead atoms. The molecule has 1 aromatic carbocycles. The molecule has 0 radical (unpaired) electrons. The minimum absolute atomic E-state index is 0.348. The third-order valence-electron chi connectivity index (χ3n) is 2.88. The first-order valence-corrected chi connectivity index (χ1v) is 7.42. The lowest BCUT2D eigenvalue weighted by atomic mass is 10.0. The minimum Gasteiger partial charge on any atom is -0.382 e. The van der Waals surface area contributed by atoms with Crippen LogP contribution in [0.4, 0.5) is 5.82 Å². The third kappa shape index (κ3) is 2.18. The molecule has 3 rings (SSSR count). The number of benzene rings is 1. The van der Waals surface area contributed by atoms with Crippen LogP contribution < -0.4 is 5.73 Å². The van der Waals surface area contributed by atoms with E-state index in [1.165, 1.54) is 0 Å². The summed E-state index contributed by atoms with van der Waals surface area (Å²) in [7, 11) is 0. The van der Waals surface area contributed by atoms with Gasteiger partial charge in [0, 0.05) is 10.9 Å². The summed E-state index contributed by atoms with van der Waals surface area (Å²) < 4.78 is 0. The summed E-state index contributed by atoms with van der Waals surface area (Å²) in [5, 5.41) is 10.9. The van der Waals surface area contributed by atoms with Crippen LogP contribution in [0.2, 0.25) is 10.0 Å². The van der Waals surface area contributed by atoms with Crippen molar-refractivity contribution in [2.75, 3.05) is 5.73 Å². The number of hydrogen-bond donors (Lipinski definition) is 2. The molecular formula is C13H10Cl2N4S. The number of nitrogens with zero attached hydrogens (tertiary/aromatic N) is 2. The molecule has 0 saturated heterocycles. The fourth-order valence-corrected chi connectivity index (χ4v) is 3.20. The fourth-order valence-electron chi connectivity index (χ4n) is 2.01. The Morgan fingerprint density at radius 1 is 1.20 bits per heavy atom. The molecule has 2 heterocycles. The zero-order chi connectivity index (χ0) is 14.3. The van der Waals surface area contributed by atoms with Gasteiger partial charge < -0.3 is 5.73 Å². The molecule has 0 saturated carbocycles. The van der Waals surface area contributed by atoms with Gasteiger partial charge in [0.05, 0.1) is 32.0 Å². The van der Waals surface area contributed by atoms with Gasteiger partial charge in [-0.3, -0.25) is 5.10 Å². The second kappa shape index (κ2) is 5.09.